The number of halogens is 1. The van der Waals surface area contributed by atoms with Crippen LogP contribution in [0, 0.1) is 0 Å². The van der Waals surface area contributed by atoms with E-state index < -0.39 is 0 Å². The van der Waals surface area contributed by atoms with Gasteiger partial charge in [-0.3, -0.25) is 0 Å². The minimum atomic E-state index is 0. The minimum Gasteiger partial charge on any atom is -0.393 e. The van der Waals surface area contributed by atoms with Gasteiger partial charge < -0.3 is 10.3 Å². The topological polar surface area (TPSA) is 43.8 Å². The van der Waals surface area contributed by atoms with Gasteiger partial charge in [0.15, 0.2) is 0 Å². The van der Waals surface area contributed by atoms with Gasteiger partial charge in [0.2, 0.25) is 0 Å². The van der Waals surface area contributed by atoms with Gasteiger partial charge in [0.05, 0.1) is 11.3 Å². The Morgan fingerprint density at radius 1 is 1.82 bits per heavy atom. The molecule has 62 valence electrons. The van der Waals surface area contributed by atoms with E-state index in [9.17, 15) is 0 Å². The predicted molar refractivity (Wildman–Crippen MR) is 50.9 cm³/mol. The highest BCUT2D eigenvalue weighted by Crippen LogP contribution is 1.96. The first-order valence-corrected chi connectivity index (χ1v) is 3.34. The Hall–Kier alpha value is -0.610. The van der Waals surface area contributed by atoms with E-state index in [0.29, 0.717) is 11.4 Å². The lowest BCUT2D eigenvalue weighted by Crippen LogP contribution is -2.13. The van der Waals surface area contributed by atoms with E-state index in [2.05, 4.69) is 4.98 Å². The molecule has 1 aromatic heterocycles. The second kappa shape index (κ2) is 4.31. The molecule has 0 bridgehead atoms. The van der Waals surface area contributed by atoms with Crippen LogP contribution in [-0.4, -0.2) is 14.5 Å². The van der Waals surface area contributed by atoms with Crippen molar-refractivity contribution < 1.29 is 0 Å². The number of hydrogen-bond donors (Lipinski definition) is 1. The number of nitrogens with two attached hydrogens (primary N) is 1. The van der Waals surface area contributed by atoms with Gasteiger partial charge in [0.25, 0.3) is 0 Å². The standard InChI is InChI=1S/C6H9N3S.ClH/c1-9-4-8-3-5(9)2-6(7)10;/h3-4H,2H2,1H3,(H2,7,10);1H. The molecule has 0 unspecified atom stereocenters. The van der Waals surface area contributed by atoms with Crippen molar-refractivity contribution in [2.75, 3.05) is 0 Å². The molecule has 0 saturated heterocycles. The maximum absolute atomic E-state index is 5.34. The zero-order valence-corrected chi connectivity index (χ0v) is 7.78. The molecular weight excluding hydrogens is 182 g/mol. The molecule has 0 spiro atoms. The number of hydrogen-bond acceptors (Lipinski definition) is 2. The zero-order chi connectivity index (χ0) is 7.56. The molecule has 0 saturated carbocycles. The summed E-state index contributed by atoms with van der Waals surface area (Å²) in [6, 6.07) is 0. The van der Waals surface area contributed by atoms with E-state index >= 15 is 0 Å². The Kier molecular flexibility index (Phi) is 4.07. The van der Waals surface area contributed by atoms with Gasteiger partial charge in [0, 0.05) is 25.4 Å². The van der Waals surface area contributed by atoms with Gasteiger partial charge in [-0.15, -0.1) is 12.4 Å². The van der Waals surface area contributed by atoms with Crippen molar-refractivity contribution in [1.82, 2.24) is 9.55 Å². The van der Waals surface area contributed by atoms with Gasteiger partial charge in [0.1, 0.15) is 0 Å². The largest absolute Gasteiger partial charge is 0.393 e. The summed E-state index contributed by atoms with van der Waals surface area (Å²) < 4.78 is 1.90. The highest BCUT2D eigenvalue weighted by atomic mass is 35.5. The van der Waals surface area contributed by atoms with Crippen LogP contribution in [0.3, 0.4) is 0 Å². The van der Waals surface area contributed by atoms with Crippen molar-refractivity contribution in [3.8, 4) is 0 Å². The van der Waals surface area contributed by atoms with Crippen LogP contribution in [0.4, 0.5) is 0 Å². The van der Waals surface area contributed by atoms with Crippen molar-refractivity contribution in [2.24, 2.45) is 12.8 Å². The molecule has 0 aromatic carbocycles. The van der Waals surface area contributed by atoms with Crippen molar-refractivity contribution in [1.29, 1.82) is 0 Å². The molecule has 11 heavy (non-hydrogen) atoms. The zero-order valence-electron chi connectivity index (χ0n) is 6.15. The molecule has 0 fully saturated rings. The van der Waals surface area contributed by atoms with Gasteiger partial charge in [-0.25, -0.2) is 4.98 Å². The number of imidazole rings is 1. The molecule has 0 amide bonds. The lowest BCUT2D eigenvalue weighted by Gasteiger charge is -1.97. The SMILES string of the molecule is Cl.Cn1cncc1CC(N)=S. The Bertz CT molecular complexity index is 246. The number of aromatic nitrogens is 2. The summed E-state index contributed by atoms with van der Waals surface area (Å²) in [6.45, 7) is 0. The third-order valence-corrected chi connectivity index (χ3v) is 1.42. The quantitative estimate of drug-likeness (QED) is 0.699. The van der Waals surface area contributed by atoms with Crippen LogP contribution in [0.25, 0.3) is 0 Å². The van der Waals surface area contributed by atoms with Crippen LogP contribution >= 0.6 is 24.6 Å². The molecule has 2 N–H and O–H groups in total. The smallest absolute Gasteiger partial charge is 0.0945 e. The van der Waals surface area contributed by atoms with Crippen molar-refractivity contribution >= 4 is 29.6 Å². The normalized spacial score (nSPS) is 8.82. The molecule has 5 heteroatoms. The Balaban J connectivity index is 0.000001000. The number of thiocarbonyl (C=S) groups is 1. The molecule has 0 radical (unpaired) electrons. The third kappa shape index (κ3) is 2.86. The van der Waals surface area contributed by atoms with Gasteiger partial charge in [-0.2, -0.15) is 0 Å². The summed E-state index contributed by atoms with van der Waals surface area (Å²) >= 11 is 4.74. The Morgan fingerprint density at radius 3 is 2.82 bits per heavy atom. The van der Waals surface area contributed by atoms with E-state index in [4.69, 9.17) is 18.0 Å². The minimum absolute atomic E-state index is 0. The van der Waals surface area contributed by atoms with E-state index in [1.165, 1.54) is 0 Å². The molecule has 1 heterocycles. The monoisotopic (exact) mass is 191 g/mol. The van der Waals surface area contributed by atoms with Crippen LogP contribution in [-0.2, 0) is 13.5 Å². The number of aryl methyl sites for hydroxylation is 1. The molecular formula is C6H10ClN3S. The number of rotatable bonds is 2. The van der Waals surface area contributed by atoms with E-state index in [0.717, 1.165) is 5.69 Å². The predicted octanol–water partition coefficient (Wildman–Crippen LogP) is 0.670. The van der Waals surface area contributed by atoms with Crippen LogP contribution in [0.1, 0.15) is 5.69 Å². The molecule has 0 aliphatic rings. The van der Waals surface area contributed by atoms with Crippen LogP contribution in [0.2, 0.25) is 0 Å². The average molecular weight is 192 g/mol. The highest BCUT2D eigenvalue weighted by Gasteiger charge is 1.97. The van der Waals surface area contributed by atoms with Crippen molar-refractivity contribution in [3.05, 3.63) is 18.2 Å². The Labute approximate surface area is 77.0 Å². The Morgan fingerprint density at radius 2 is 2.45 bits per heavy atom. The molecule has 1 rings (SSSR count). The van der Waals surface area contributed by atoms with Crippen LogP contribution in [0.5, 0.6) is 0 Å². The van der Waals surface area contributed by atoms with E-state index in [1.54, 1.807) is 12.5 Å². The summed E-state index contributed by atoms with van der Waals surface area (Å²) in [5.74, 6) is 0. The number of nitrogens with zero attached hydrogens (tertiary/aromatic N) is 2. The van der Waals surface area contributed by atoms with Crippen molar-refractivity contribution in [2.45, 2.75) is 6.42 Å². The third-order valence-electron chi connectivity index (χ3n) is 1.27. The molecule has 3 nitrogen and oxygen atoms in total. The molecule has 0 aliphatic heterocycles. The summed E-state index contributed by atoms with van der Waals surface area (Å²) in [7, 11) is 1.92. The van der Waals surface area contributed by atoms with Crippen LogP contribution in [0.15, 0.2) is 12.5 Å². The summed E-state index contributed by atoms with van der Waals surface area (Å²) in [5, 5.41) is 0. The summed E-state index contributed by atoms with van der Waals surface area (Å²) in [6.07, 6.45) is 4.12. The lowest BCUT2D eigenvalue weighted by atomic mass is 10.3. The first-order chi connectivity index (χ1) is 4.70. The van der Waals surface area contributed by atoms with Crippen LogP contribution < -0.4 is 5.73 Å². The fraction of sp³-hybridized carbons (Fsp3) is 0.333. The molecule has 1 aromatic rings. The summed E-state index contributed by atoms with van der Waals surface area (Å²) in [4.78, 5) is 4.43. The van der Waals surface area contributed by atoms with E-state index in [-0.39, 0.29) is 12.4 Å². The summed E-state index contributed by atoms with van der Waals surface area (Å²) in [5.41, 5.74) is 6.39. The first-order valence-electron chi connectivity index (χ1n) is 2.93. The second-order valence-corrected chi connectivity index (χ2v) is 2.66. The molecule has 0 atom stereocenters. The molecule has 0 aliphatic carbocycles. The van der Waals surface area contributed by atoms with Gasteiger partial charge >= 0.3 is 0 Å². The van der Waals surface area contributed by atoms with Gasteiger partial charge in [-0.1, -0.05) is 12.2 Å². The van der Waals surface area contributed by atoms with Crippen molar-refractivity contribution in [3.63, 3.8) is 0 Å². The van der Waals surface area contributed by atoms with Gasteiger partial charge in [-0.05, 0) is 0 Å². The first kappa shape index (κ1) is 10.4. The maximum atomic E-state index is 5.34. The fourth-order valence-corrected chi connectivity index (χ4v) is 0.881. The van der Waals surface area contributed by atoms with E-state index in [1.807, 2.05) is 11.6 Å². The average Bonchev–Trinajstić information content (AvgIpc) is 2.15. The lowest BCUT2D eigenvalue weighted by molar-refractivity contribution is 0.860. The maximum Gasteiger partial charge on any atom is 0.0945 e. The second-order valence-electron chi connectivity index (χ2n) is 2.14. The fourth-order valence-electron chi connectivity index (χ4n) is 0.733. The highest BCUT2D eigenvalue weighted by molar-refractivity contribution is 7.80.